The normalized spacial score (nSPS) is 16.5. The molecule has 2 aromatic carbocycles. The van der Waals surface area contributed by atoms with Crippen molar-refractivity contribution in [2.45, 2.75) is 42.9 Å². The maximum atomic E-state index is 13.2. The predicted octanol–water partition coefficient (Wildman–Crippen LogP) is 4.98. The predicted molar refractivity (Wildman–Crippen MR) is 112 cm³/mol. The largest absolute Gasteiger partial charge is 0.324 e. The zero-order valence-electron chi connectivity index (χ0n) is 15.9. The number of thiophene rings is 1. The second-order valence-corrected chi connectivity index (χ2v) is 10.1. The third-order valence-electron chi connectivity index (χ3n) is 5.28. The van der Waals surface area contributed by atoms with Crippen LogP contribution in [0.3, 0.4) is 0 Å². The van der Waals surface area contributed by atoms with E-state index in [0.717, 1.165) is 21.6 Å². The molecule has 1 aromatic heterocycles. The van der Waals surface area contributed by atoms with Gasteiger partial charge in [-0.3, -0.25) is 4.79 Å². The SMILES string of the molecule is Cc1cccc(S(=O)(=O)c2csc3c2NC(=O)CC3c2ccc(C)c(C)c2)c1. The molecule has 1 atom stereocenters. The van der Waals surface area contributed by atoms with Crippen molar-refractivity contribution < 1.29 is 13.2 Å². The number of carbonyl (C=O) groups excluding carboxylic acids is 1. The fraction of sp³-hybridized carbons (Fsp3) is 0.227. The molecule has 4 nitrogen and oxygen atoms in total. The summed E-state index contributed by atoms with van der Waals surface area (Å²) < 4.78 is 26.4. The molecular formula is C22H21NO3S2. The Bertz CT molecular complexity index is 1190. The summed E-state index contributed by atoms with van der Waals surface area (Å²) in [6.45, 7) is 5.96. The first-order valence-electron chi connectivity index (χ1n) is 9.07. The highest BCUT2D eigenvalue weighted by Gasteiger charge is 2.34. The molecule has 0 spiro atoms. The molecule has 3 aromatic rings. The Kier molecular flexibility index (Phi) is 4.63. The van der Waals surface area contributed by atoms with Gasteiger partial charge in [0, 0.05) is 22.6 Å². The van der Waals surface area contributed by atoms with Crippen molar-refractivity contribution >= 4 is 32.8 Å². The molecule has 1 aliphatic heterocycles. The molecule has 0 saturated heterocycles. The maximum absolute atomic E-state index is 13.2. The van der Waals surface area contributed by atoms with E-state index in [4.69, 9.17) is 0 Å². The van der Waals surface area contributed by atoms with Crippen LogP contribution < -0.4 is 5.32 Å². The van der Waals surface area contributed by atoms with E-state index in [-0.39, 0.29) is 21.6 Å². The number of rotatable bonds is 3. The quantitative estimate of drug-likeness (QED) is 0.661. The lowest BCUT2D eigenvalue weighted by molar-refractivity contribution is -0.116. The van der Waals surface area contributed by atoms with Gasteiger partial charge in [-0.2, -0.15) is 0 Å². The summed E-state index contributed by atoms with van der Waals surface area (Å²) in [6, 6.07) is 13.0. The highest BCUT2D eigenvalue weighted by Crippen LogP contribution is 2.46. The van der Waals surface area contributed by atoms with Gasteiger partial charge in [-0.25, -0.2) is 8.42 Å². The van der Waals surface area contributed by atoms with Crippen molar-refractivity contribution in [2.24, 2.45) is 0 Å². The van der Waals surface area contributed by atoms with Crippen LogP contribution in [-0.2, 0) is 14.6 Å². The average molecular weight is 412 g/mol. The molecule has 1 amide bonds. The molecule has 6 heteroatoms. The van der Waals surface area contributed by atoms with Crippen molar-refractivity contribution in [1.29, 1.82) is 0 Å². The number of benzene rings is 2. The minimum atomic E-state index is -3.71. The summed E-state index contributed by atoms with van der Waals surface area (Å²) in [4.78, 5) is 13.8. The van der Waals surface area contributed by atoms with Crippen molar-refractivity contribution in [3.05, 3.63) is 75.0 Å². The Labute approximate surface area is 169 Å². The third kappa shape index (κ3) is 3.16. The third-order valence-corrected chi connectivity index (χ3v) is 8.30. The first-order chi connectivity index (χ1) is 13.3. The summed E-state index contributed by atoms with van der Waals surface area (Å²) in [5.74, 6) is -0.288. The van der Waals surface area contributed by atoms with Crippen LogP contribution in [0, 0.1) is 20.8 Å². The van der Waals surface area contributed by atoms with Crippen LogP contribution in [0.25, 0.3) is 0 Å². The fourth-order valence-corrected chi connectivity index (χ4v) is 6.57. The Morgan fingerprint density at radius 1 is 1.04 bits per heavy atom. The topological polar surface area (TPSA) is 63.2 Å². The smallest absolute Gasteiger partial charge is 0.225 e. The second kappa shape index (κ2) is 6.87. The van der Waals surface area contributed by atoms with E-state index in [2.05, 4.69) is 24.4 Å². The van der Waals surface area contributed by atoms with Gasteiger partial charge in [-0.1, -0.05) is 30.3 Å². The number of carbonyl (C=O) groups is 1. The lowest BCUT2D eigenvalue weighted by Gasteiger charge is -2.24. The number of nitrogens with one attached hydrogen (secondary N) is 1. The lowest BCUT2D eigenvalue weighted by Crippen LogP contribution is -2.23. The van der Waals surface area contributed by atoms with E-state index >= 15 is 0 Å². The number of fused-ring (bicyclic) bond motifs is 1. The van der Waals surface area contributed by atoms with Gasteiger partial charge in [0.05, 0.1) is 10.6 Å². The highest BCUT2D eigenvalue weighted by molar-refractivity contribution is 7.91. The van der Waals surface area contributed by atoms with Gasteiger partial charge in [-0.15, -0.1) is 11.3 Å². The van der Waals surface area contributed by atoms with Crippen LogP contribution in [0.15, 0.2) is 57.6 Å². The Hall–Kier alpha value is -2.44. The van der Waals surface area contributed by atoms with Gasteiger partial charge in [0.2, 0.25) is 15.7 Å². The Morgan fingerprint density at radius 2 is 1.82 bits per heavy atom. The molecule has 28 heavy (non-hydrogen) atoms. The van der Waals surface area contributed by atoms with Crippen molar-refractivity contribution in [3.63, 3.8) is 0 Å². The molecule has 0 fully saturated rings. The van der Waals surface area contributed by atoms with E-state index < -0.39 is 9.84 Å². The number of amides is 1. The van der Waals surface area contributed by atoms with Crippen LogP contribution in [0.1, 0.15) is 39.5 Å². The van der Waals surface area contributed by atoms with Gasteiger partial charge in [0.25, 0.3) is 0 Å². The minimum Gasteiger partial charge on any atom is -0.324 e. The zero-order valence-corrected chi connectivity index (χ0v) is 17.6. The minimum absolute atomic E-state index is 0.130. The van der Waals surface area contributed by atoms with Gasteiger partial charge >= 0.3 is 0 Å². The van der Waals surface area contributed by atoms with Gasteiger partial charge < -0.3 is 5.32 Å². The summed E-state index contributed by atoms with van der Waals surface area (Å²) in [5, 5.41) is 4.47. The standard InChI is InChI=1S/C22H21NO3S2/c1-13-5-4-6-17(9-13)28(25,26)19-12-27-22-18(11-20(24)23-21(19)22)16-8-7-14(2)15(3)10-16/h4-10,12,18H,11H2,1-3H3,(H,23,24). The van der Waals surface area contributed by atoms with E-state index in [9.17, 15) is 13.2 Å². The average Bonchev–Trinajstić information content (AvgIpc) is 3.08. The van der Waals surface area contributed by atoms with E-state index in [0.29, 0.717) is 12.1 Å². The fourth-order valence-electron chi connectivity index (χ4n) is 3.56. The molecule has 4 rings (SSSR count). The summed E-state index contributed by atoms with van der Waals surface area (Å²) >= 11 is 1.40. The molecule has 0 aliphatic carbocycles. The van der Waals surface area contributed by atoms with Gasteiger partial charge in [0.1, 0.15) is 4.90 Å². The van der Waals surface area contributed by atoms with Crippen molar-refractivity contribution in [1.82, 2.24) is 0 Å². The monoisotopic (exact) mass is 411 g/mol. The van der Waals surface area contributed by atoms with Crippen LogP contribution in [0.4, 0.5) is 5.69 Å². The number of hydrogen-bond acceptors (Lipinski definition) is 4. The first-order valence-corrected chi connectivity index (χ1v) is 11.4. The second-order valence-electron chi connectivity index (χ2n) is 7.31. The van der Waals surface area contributed by atoms with Crippen molar-refractivity contribution in [2.75, 3.05) is 5.32 Å². The molecule has 1 N–H and O–H groups in total. The summed E-state index contributed by atoms with van der Waals surface area (Å²) in [6.07, 6.45) is 0.319. The number of anilines is 1. The van der Waals surface area contributed by atoms with Crippen LogP contribution in [0.2, 0.25) is 0 Å². The van der Waals surface area contributed by atoms with Crippen LogP contribution in [0.5, 0.6) is 0 Å². The van der Waals surface area contributed by atoms with E-state index in [1.807, 2.05) is 26.0 Å². The van der Waals surface area contributed by atoms with E-state index in [1.165, 1.54) is 16.9 Å². The Balaban J connectivity index is 1.84. The number of sulfone groups is 1. The molecular weight excluding hydrogens is 390 g/mol. The summed E-state index contributed by atoms with van der Waals surface area (Å²) in [5.41, 5.74) is 4.71. The molecule has 0 saturated carbocycles. The van der Waals surface area contributed by atoms with Gasteiger partial charge in [-0.05, 0) is 55.2 Å². The molecule has 1 aliphatic rings. The molecule has 1 unspecified atom stereocenters. The highest BCUT2D eigenvalue weighted by atomic mass is 32.2. The van der Waals surface area contributed by atoms with Crippen molar-refractivity contribution in [3.8, 4) is 0 Å². The number of hydrogen-bond donors (Lipinski definition) is 1. The van der Waals surface area contributed by atoms with Crippen LogP contribution >= 0.6 is 11.3 Å². The molecule has 0 bridgehead atoms. The van der Waals surface area contributed by atoms with Crippen LogP contribution in [-0.4, -0.2) is 14.3 Å². The summed E-state index contributed by atoms with van der Waals surface area (Å²) in [7, 11) is -3.71. The molecule has 2 heterocycles. The number of aryl methyl sites for hydroxylation is 3. The lowest BCUT2D eigenvalue weighted by atomic mass is 9.89. The molecule has 0 radical (unpaired) electrons. The van der Waals surface area contributed by atoms with E-state index in [1.54, 1.807) is 23.6 Å². The zero-order chi connectivity index (χ0) is 20.1. The first kappa shape index (κ1) is 18.9. The Morgan fingerprint density at radius 3 is 2.54 bits per heavy atom. The molecule has 144 valence electrons. The maximum Gasteiger partial charge on any atom is 0.225 e. The van der Waals surface area contributed by atoms with Gasteiger partial charge in [0.15, 0.2) is 0 Å².